The molecule has 0 unspecified atom stereocenters. The predicted octanol–water partition coefficient (Wildman–Crippen LogP) is 0.750. The zero-order chi connectivity index (χ0) is 6.97. The van der Waals surface area contributed by atoms with Gasteiger partial charge in [0.2, 0.25) is 0 Å². The number of aromatic nitrogens is 2. The van der Waals surface area contributed by atoms with Crippen molar-refractivity contribution in [3.8, 4) is 0 Å². The van der Waals surface area contributed by atoms with Crippen molar-refractivity contribution >= 4 is 11.0 Å². The van der Waals surface area contributed by atoms with Crippen LogP contribution < -0.4 is 5.84 Å². The molecule has 2 aromatic rings. The van der Waals surface area contributed by atoms with Crippen LogP contribution in [0.15, 0.2) is 30.6 Å². The molecule has 2 N–H and O–H groups in total. The molecule has 0 radical (unpaired) electrons. The van der Waals surface area contributed by atoms with Crippen LogP contribution in [0.3, 0.4) is 0 Å². The predicted molar refractivity (Wildman–Crippen MR) is 39.9 cm³/mol. The molecule has 1 heterocycles. The summed E-state index contributed by atoms with van der Waals surface area (Å²) in [4.78, 5) is 4.06. The van der Waals surface area contributed by atoms with Gasteiger partial charge in [-0.1, -0.05) is 12.1 Å². The van der Waals surface area contributed by atoms with Crippen LogP contribution in [-0.4, -0.2) is 9.66 Å². The number of rotatable bonds is 0. The Morgan fingerprint density at radius 3 is 2.90 bits per heavy atom. The Morgan fingerprint density at radius 2 is 2.10 bits per heavy atom. The summed E-state index contributed by atoms with van der Waals surface area (Å²) in [6.07, 6.45) is 1.60. The van der Waals surface area contributed by atoms with Gasteiger partial charge < -0.3 is 5.84 Å². The van der Waals surface area contributed by atoms with Gasteiger partial charge in [-0.2, -0.15) is 0 Å². The van der Waals surface area contributed by atoms with Crippen molar-refractivity contribution in [1.82, 2.24) is 9.66 Å². The third-order valence-electron chi connectivity index (χ3n) is 1.48. The van der Waals surface area contributed by atoms with Crippen molar-refractivity contribution in [3.05, 3.63) is 30.6 Å². The average molecular weight is 133 g/mol. The summed E-state index contributed by atoms with van der Waals surface area (Å²) >= 11 is 0. The Hall–Kier alpha value is -1.51. The molecule has 0 saturated heterocycles. The lowest BCUT2D eigenvalue weighted by molar-refractivity contribution is 1.04. The van der Waals surface area contributed by atoms with E-state index in [1.165, 1.54) is 4.68 Å². The van der Waals surface area contributed by atoms with Crippen LogP contribution in [0.5, 0.6) is 0 Å². The number of hydrogen-bond donors (Lipinski definition) is 1. The number of nitrogens with two attached hydrogens (primary N) is 1. The molecule has 3 heteroatoms. The summed E-state index contributed by atoms with van der Waals surface area (Å²) in [7, 11) is 0. The van der Waals surface area contributed by atoms with Crippen LogP contribution in [0.1, 0.15) is 0 Å². The number of nitrogen functional groups attached to an aromatic ring is 1. The van der Waals surface area contributed by atoms with Gasteiger partial charge in [0, 0.05) is 0 Å². The molecule has 1 aromatic heterocycles. The first-order chi connectivity index (χ1) is 4.88. The molecule has 0 amide bonds. The highest BCUT2D eigenvalue weighted by atomic mass is 15.3. The fraction of sp³-hybridized carbons (Fsp3) is 0. The van der Waals surface area contributed by atoms with Gasteiger partial charge in [-0.05, 0) is 12.1 Å². The van der Waals surface area contributed by atoms with Gasteiger partial charge in [0.25, 0.3) is 0 Å². The second-order valence-electron chi connectivity index (χ2n) is 2.14. The summed E-state index contributed by atoms with van der Waals surface area (Å²) in [6.45, 7) is 0. The number of imidazole rings is 1. The van der Waals surface area contributed by atoms with E-state index in [0.717, 1.165) is 11.0 Å². The largest absolute Gasteiger partial charge is 0.338 e. The zero-order valence-corrected chi connectivity index (χ0v) is 5.36. The lowest BCUT2D eigenvalue weighted by atomic mass is 10.3. The van der Waals surface area contributed by atoms with E-state index in [0.29, 0.717) is 0 Å². The molecule has 0 aliphatic heterocycles. The van der Waals surface area contributed by atoms with Gasteiger partial charge in [-0.3, -0.25) is 0 Å². The van der Waals surface area contributed by atoms with Crippen molar-refractivity contribution < 1.29 is 0 Å². The Kier molecular flexibility index (Phi) is 0.917. The molecule has 3 nitrogen and oxygen atoms in total. The molecule has 0 atom stereocenters. The van der Waals surface area contributed by atoms with Crippen molar-refractivity contribution in [1.29, 1.82) is 0 Å². The standard InChI is InChI=1S/C7H7N3/c8-10-5-9-6-3-1-2-4-7(6)10/h1-5H,8H2. The SMILES string of the molecule is Nn1cnc2ccccc21. The first-order valence-corrected chi connectivity index (χ1v) is 3.05. The molecule has 50 valence electrons. The Morgan fingerprint density at radius 1 is 1.30 bits per heavy atom. The minimum absolute atomic E-state index is 0.935. The van der Waals surface area contributed by atoms with Crippen LogP contribution in [0.2, 0.25) is 0 Å². The fourth-order valence-electron chi connectivity index (χ4n) is 0.978. The van der Waals surface area contributed by atoms with Gasteiger partial charge >= 0.3 is 0 Å². The zero-order valence-electron chi connectivity index (χ0n) is 5.36. The molecule has 0 spiro atoms. The van der Waals surface area contributed by atoms with Gasteiger partial charge in [0.15, 0.2) is 0 Å². The van der Waals surface area contributed by atoms with E-state index in [1.54, 1.807) is 6.33 Å². The van der Waals surface area contributed by atoms with Crippen LogP contribution in [0.4, 0.5) is 0 Å². The maximum Gasteiger partial charge on any atom is 0.115 e. The first kappa shape index (κ1) is 5.29. The molecule has 1 aromatic carbocycles. The molecular formula is C7H7N3. The average Bonchev–Trinajstić information content (AvgIpc) is 2.34. The monoisotopic (exact) mass is 133 g/mol. The maximum absolute atomic E-state index is 5.53. The summed E-state index contributed by atoms with van der Waals surface area (Å²) < 4.78 is 1.51. The van der Waals surface area contributed by atoms with Gasteiger partial charge in [0.05, 0.1) is 11.0 Å². The van der Waals surface area contributed by atoms with Crippen LogP contribution in [0.25, 0.3) is 11.0 Å². The Balaban J connectivity index is 2.93. The van der Waals surface area contributed by atoms with E-state index >= 15 is 0 Å². The van der Waals surface area contributed by atoms with Crippen LogP contribution in [0, 0.1) is 0 Å². The van der Waals surface area contributed by atoms with E-state index in [2.05, 4.69) is 4.98 Å². The molecule has 0 saturated carbocycles. The summed E-state index contributed by atoms with van der Waals surface area (Å²) in [5.74, 6) is 5.53. The smallest absolute Gasteiger partial charge is 0.115 e. The van der Waals surface area contributed by atoms with Crippen LogP contribution >= 0.6 is 0 Å². The lowest BCUT2D eigenvalue weighted by Crippen LogP contribution is -2.04. The summed E-state index contributed by atoms with van der Waals surface area (Å²) in [6, 6.07) is 7.74. The highest BCUT2D eigenvalue weighted by Gasteiger charge is 1.94. The Labute approximate surface area is 58.1 Å². The van der Waals surface area contributed by atoms with Crippen molar-refractivity contribution in [2.75, 3.05) is 5.84 Å². The highest BCUT2D eigenvalue weighted by molar-refractivity contribution is 5.74. The van der Waals surface area contributed by atoms with Gasteiger partial charge in [-0.15, -0.1) is 0 Å². The molecular weight excluding hydrogens is 126 g/mol. The number of hydrogen-bond acceptors (Lipinski definition) is 2. The highest BCUT2D eigenvalue weighted by Crippen LogP contribution is 2.07. The minimum atomic E-state index is 0.935. The molecule has 2 rings (SSSR count). The van der Waals surface area contributed by atoms with Crippen molar-refractivity contribution in [3.63, 3.8) is 0 Å². The van der Waals surface area contributed by atoms with E-state index in [9.17, 15) is 0 Å². The van der Waals surface area contributed by atoms with Gasteiger partial charge in [-0.25, -0.2) is 9.66 Å². The van der Waals surface area contributed by atoms with Crippen molar-refractivity contribution in [2.45, 2.75) is 0 Å². The van der Waals surface area contributed by atoms with E-state index in [-0.39, 0.29) is 0 Å². The topological polar surface area (TPSA) is 43.8 Å². The van der Waals surface area contributed by atoms with E-state index < -0.39 is 0 Å². The number of para-hydroxylation sites is 2. The molecule has 0 aliphatic rings. The number of nitrogens with zero attached hydrogens (tertiary/aromatic N) is 2. The maximum atomic E-state index is 5.53. The normalized spacial score (nSPS) is 10.4. The minimum Gasteiger partial charge on any atom is -0.338 e. The first-order valence-electron chi connectivity index (χ1n) is 3.05. The van der Waals surface area contributed by atoms with E-state index in [1.807, 2.05) is 24.3 Å². The van der Waals surface area contributed by atoms with Crippen molar-refractivity contribution in [2.24, 2.45) is 0 Å². The second kappa shape index (κ2) is 1.73. The van der Waals surface area contributed by atoms with Crippen LogP contribution in [-0.2, 0) is 0 Å². The molecule has 0 fully saturated rings. The molecule has 0 aliphatic carbocycles. The van der Waals surface area contributed by atoms with E-state index in [4.69, 9.17) is 5.84 Å². The lowest BCUT2D eigenvalue weighted by Gasteiger charge is -1.90. The third-order valence-corrected chi connectivity index (χ3v) is 1.48. The molecule has 10 heavy (non-hydrogen) atoms. The fourth-order valence-corrected chi connectivity index (χ4v) is 0.978. The summed E-state index contributed by atoms with van der Waals surface area (Å²) in [5, 5.41) is 0. The summed E-state index contributed by atoms with van der Waals surface area (Å²) in [5.41, 5.74) is 1.90. The number of benzene rings is 1. The third kappa shape index (κ3) is 0.572. The number of fused-ring (bicyclic) bond motifs is 1. The quantitative estimate of drug-likeness (QED) is 0.539. The Bertz CT molecular complexity index is 350. The molecule has 0 bridgehead atoms. The second-order valence-corrected chi connectivity index (χ2v) is 2.14. The van der Waals surface area contributed by atoms with Gasteiger partial charge in [0.1, 0.15) is 6.33 Å².